The molecular weight excluding hydrogens is 443 g/mol. The van der Waals surface area contributed by atoms with Gasteiger partial charge in [-0.05, 0) is 49.2 Å². The maximum Gasteiger partial charge on any atom is 0.103 e. The van der Waals surface area contributed by atoms with Crippen molar-refractivity contribution in [2.24, 2.45) is 0 Å². The van der Waals surface area contributed by atoms with E-state index in [1.165, 1.54) is 0 Å². The second-order valence-electron chi connectivity index (χ2n) is 7.68. The number of aromatic nitrogens is 1. The summed E-state index contributed by atoms with van der Waals surface area (Å²) in [6, 6.07) is 13.5. The molecule has 164 valence electrons. The van der Waals surface area contributed by atoms with E-state index in [2.05, 4.69) is 33.4 Å². The molecule has 0 amide bonds. The van der Waals surface area contributed by atoms with Gasteiger partial charge in [-0.15, -0.1) is 0 Å². The zero-order valence-electron chi connectivity index (χ0n) is 17.7. The predicted octanol–water partition coefficient (Wildman–Crippen LogP) is 6.28. The lowest BCUT2D eigenvalue weighted by Crippen LogP contribution is -2.36. The summed E-state index contributed by atoms with van der Waals surface area (Å²) in [4.78, 5) is 6.94. The van der Waals surface area contributed by atoms with E-state index in [0.29, 0.717) is 27.0 Å². The fraction of sp³-hybridized carbons (Fsp3) is 0.280. The highest BCUT2D eigenvalue weighted by Gasteiger charge is 2.12. The zero-order chi connectivity index (χ0) is 22.3. The summed E-state index contributed by atoms with van der Waals surface area (Å²) in [6.45, 7) is 4.85. The number of morpholine rings is 1. The Kier molecular flexibility index (Phi) is 7.62. The number of anilines is 2. The van der Waals surface area contributed by atoms with E-state index in [1.54, 1.807) is 24.4 Å². The summed E-state index contributed by atoms with van der Waals surface area (Å²) in [5, 5.41) is 14.8. The number of nitrogens with one attached hydrogen (secondary N) is 1. The van der Waals surface area contributed by atoms with Gasteiger partial charge in [0, 0.05) is 29.7 Å². The third-order valence-electron chi connectivity index (χ3n) is 5.46. The fourth-order valence-electron chi connectivity index (χ4n) is 3.74. The maximum absolute atomic E-state index is 9.58. The van der Waals surface area contributed by atoms with Crippen LogP contribution in [0.3, 0.4) is 0 Å². The quantitative estimate of drug-likeness (QED) is 0.414. The Morgan fingerprint density at radius 1 is 1.16 bits per heavy atom. The van der Waals surface area contributed by atoms with Gasteiger partial charge < -0.3 is 10.1 Å². The van der Waals surface area contributed by atoms with Crippen molar-refractivity contribution in [3.8, 4) is 6.07 Å². The van der Waals surface area contributed by atoms with Crippen molar-refractivity contribution >= 4 is 51.6 Å². The number of hydrogen-bond acceptors (Lipinski definition) is 5. The molecule has 1 fully saturated rings. The number of unbranched alkanes of at least 4 members (excludes halogenated alkanes) is 1. The number of nitrogens with zero attached hydrogens (tertiary/aromatic N) is 3. The standard InChI is InChI=1S/C25H24Cl2N4O/c26-20-6-8-23(22(27)15-20)30-25-19(16-28)17-29-24-14-18(5-7-21(24)25)4-2-1-3-9-31-10-12-32-13-11-31/h2,4-8,14-15,17H,1,3,9-13H2,(H,29,30). The number of hydrogen-bond donors (Lipinski definition) is 1. The van der Waals surface area contributed by atoms with Gasteiger partial charge in [0.2, 0.25) is 0 Å². The molecule has 3 aromatic rings. The van der Waals surface area contributed by atoms with Gasteiger partial charge in [-0.2, -0.15) is 5.26 Å². The van der Waals surface area contributed by atoms with E-state index in [-0.39, 0.29) is 0 Å². The van der Waals surface area contributed by atoms with Crippen LogP contribution >= 0.6 is 23.2 Å². The Morgan fingerprint density at radius 2 is 2.00 bits per heavy atom. The van der Waals surface area contributed by atoms with E-state index in [9.17, 15) is 5.26 Å². The summed E-state index contributed by atoms with van der Waals surface area (Å²) in [5.41, 5.74) is 3.71. The number of allylic oxidation sites excluding steroid dienone is 1. The summed E-state index contributed by atoms with van der Waals surface area (Å²) >= 11 is 12.3. The molecule has 32 heavy (non-hydrogen) atoms. The van der Waals surface area contributed by atoms with Crippen molar-refractivity contribution < 1.29 is 4.74 Å². The van der Waals surface area contributed by atoms with E-state index >= 15 is 0 Å². The molecular formula is C25H24Cl2N4O. The fourth-order valence-corrected chi connectivity index (χ4v) is 4.19. The van der Waals surface area contributed by atoms with Crippen LogP contribution in [0, 0.1) is 11.3 Å². The molecule has 1 aliphatic rings. The Hall–Kier alpha value is -2.62. The van der Waals surface area contributed by atoms with Crippen molar-refractivity contribution in [3.63, 3.8) is 0 Å². The van der Waals surface area contributed by atoms with Crippen LogP contribution in [0.2, 0.25) is 10.0 Å². The van der Waals surface area contributed by atoms with Gasteiger partial charge in [-0.3, -0.25) is 9.88 Å². The first-order chi connectivity index (χ1) is 15.6. The highest BCUT2D eigenvalue weighted by atomic mass is 35.5. The van der Waals surface area contributed by atoms with Crippen molar-refractivity contribution in [2.45, 2.75) is 12.8 Å². The summed E-state index contributed by atoms with van der Waals surface area (Å²) < 4.78 is 5.39. The summed E-state index contributed by atoms with van der Waals surface area (Å²) in [7, 11) is 0. The van der Waals surface area contributed by atoms with Crippen LogP contribution in [0.5, 0.6) is 0 Å². The molecule has 1 aromatic heterocycles. The molecule has 0 atom stereocenters. The van der Waals surface area contributed by atoms with Crippen LogP contribution in [0.15, 0.2) is 48.7 Å². The Bertz CT molecular complexity index is 1170. The number of pyridine rings is 1. The minimum absolute atomic E-state index is 0.454. The predicted molar refractivity (Wildman–Crippen MR) is 132 cm³/mol. The molecule has 1 aliphatic heterocycles. The Balaban J connectivity index is 1.48. The van der Waals surface area contributed by atoms with Crippen molar-refractivity contribution in [2.75, 3.05) is 38.2 Å². The monoisotopic (exact) mass is 466 g/mol. The second-order valence-corrected chi connectivity index (χ2v) is 8.53. The number of nitriles is 1. The molecule has 2 heterocycles. The number of rotatable bonds is 7. The number of benzene rings is 2. The van der Waals surface area contributed by atoms with Crippen molar-refractivity contribution in [3.05, 3.63) is 69.8 Å². The number of ether oxygens (including phenoxy) is 1. The third-order valence-corrected chi connectivity index (χ3v) is 6.01. The van der Waals surface area contributed by atoms with E-state index < -0.39 is 0 Å². The van der Waals surface area contributed by atoms with Crippen molar-refractivity contribution in [1.29, 1.82) is 5.26 Å². The zero-order valence-corrected chi connectivity index (χ0v) is 19.2. The van der Waals surface area contributed by atoms with E-state index in [0.717, 1.165) is 62.2 Å². The molecule has 0 spiro atoms. The lowest BCUT2D eigenvalue weighted by atomic mass is 10.1. The molecule has 0 aliphatic carbocycles. The summed E-state index contributed by atoms with van der Waals surface area (Å²) in [5.74, 6) is 0. The molecule has 4 rings (SSSR count). The molecule has 0 radical (unpaired) electrons. The minimum Gasteiger partial charge on any atom is -0.379 e. The molecule has 2 aromatic carbocycles. The van der Waals surface area contributed by atoms with Crippen LogP contribution in [0.4, 0.5) is 11.4 Å². The lowest BCUT2D eigenvalue weighted by molar-refractivity contribution is 0.0375. The number of halogens is 2. The molecule has 7 heteroatoms. The Morgan fingerprint density at radius 3 is 2.78 bits per heavy atom. The molecule has 0 unspecified atom stereocenters. The lowest BCUT2D eigenvalue weighted by Gasteiger charge is -2.26. The maximum atomic E-state index is 9.58. The van der Waals surface area contributed by atoms with Gasteiger partial charge in [0.05, 0.1) is 40.7 Å². The Labute approximate surface area is 198 Å². The molecule has 1 N–H and O–H groups in total. The van der Waals surface area contributed by atoms with Gasteiger partial charge in [0.15, 0.2) is 0 Å². The highest BCUT2D eigenvalue weighted by molar-refractivity contribution is 6.36. The van der Waals surface area contributed by atoms with Crippen LogP contribution < -0.4 is 5.32 Å². The first-order valence-corrected chi connectivity index (χ1v) is 11.4. The third kappa shape index (κ3) is 5.59. The first-order valence-electron chi connectivity index (χ1n) is 10.7. The topological polar surface area (TPSA) is 61.2 Å². The van der Waals surface area contributed by atoms with Gasteiger partial charge in [0.25, 0.3) is 0 Å². The van der Waals surface area contributed by atoms with Gasteiger partial charge in [0.1, 0.15) is 6.07 Å². The molecule has 0 saturated carbocycles. The normalized spacial score (nSPS) is 14.7. The van der Waals surface area contributed by atoms with Crippen LogP contribution in [-0.4, -0.2) is 42.7 Å². The number of fused-ring (bicyclic) bond motifs is 1. The average Bonchev–Trinajstić information content (AvgIpc) is 2.81. The van der Waals surface area contributed by atoms with Gasteiger partial charge in [-0.25, -0.2) is 0 Å². The summed E-state index contributed by atoms with van der Waals surface area (Å²) in [6.07, 6.45) is 8.08. The van der Waals surface area contributed by atoms with Crippen LogP contribution in [-0.2, 0) is 4.74 Å². The highest BCUT2D eigenvalue weighted by Crippen LogP contribution is 2.33. The van der Waals surface area contributed by atoms with Crippen LogP contribution in [0.1, 0.15) is 24.0 Å². The van der Waals surface area contributed by atoms with E-state index in [1.807, 2.05) is 18.2 Å². The minimum atomic E-state index is 0.454. The second kappa shape index (κ2) is 10.8. The first kappa shape index (κ1) is 22.6. The van der Waals surface area contributed by atoms with Gasteiger partial charge in [-0.1, -0.05) is 47.5 Å². The molecule has 5 nitrogen and oxygen atoms in total. The molecule has 1 saturated heterocycles. The van der Waals surface area contributed by atoms with Crippen molar-refractivity contribution in [1.82, 2.24) is 9.88 Å². The SMILES string of the molecule is N#Cc1cnc2cc(C=CCCCN3CCOCC3)ccc2c1Nc1ccc(Cl)cc1Cl. The smallest absolute Gasteiger partial charge is 0.103 e. The van der Waals surface area contributed by atoms with Gasteiger partial charge >= 0.3 is 0 Å². The average molecular weight is 467 g/mol. The van der Waals surface area contributed by atoms with Crippen LogP contribution in [0.25, 0.3) is 17.0 Å². The molecule has 0 bridgehead atoms. The largest absolute Gasteiger partial charge is 0.379 e. The van der Waals surface area contributed by atoms with E-state index in [4.69, 9.17) is 27.9 Å².